The average Bonchev–Trinajstić information content (AvgIpc) is 2.43. The highest BCUT2D eigenvalue weighted by Crippen LogP contribution is 2.41. The first-order valence-electron chi connectivity index (χ1n) is 6.54. The van der Waals surface area contributed by atoms with Crippen molar-refractivity contribution >= 4 is 29.0 Å². The normalized spacial score (nSPS) is 22.6. The van der Waals surface area contributed by atoms with Gasteiger partial charge in [0.1, 0.15) is 0 Å². The van der Waals surface area contributed by atoms with Gasteiger partial charge in [0.05, 0.1) is 10.0 Å². The van der Waals surface area contributed by atoms with E-state index in [9.17, 15) is 4.79 Å². The number of benzene rings is 1. The minimum atomic E-state index is 0.277. The van der Waals surface area contributed by atoms with Crippen LogP contribution in [0.5, 0.6) is 0 Å². The number of ketones is 1. The number of hydrogen-bond acceptors (Lipinski definition) is 1. The molecule has 1 atom stereocenters. The zero-order chi connectivity index (χ0) is 13.4. The van der Waals surface area contributed by atoms with Gasteiger partial charge in [-0.2, -0.15) is 0 Å². The van der Waals surface area contributed by atoms with Gasteiger partial charge in [-0.15, -0.1) is 0 Å². The number of rotatable bonds is 1. The smallest absolute Gasteiger partial charge is 0.159 e. The Labute approximate surface area is 122 Å². The van der Waals surface area contributed by atoms with Crippen LogP contribution in [-0.4, -0.2) is 5.78 Å². The van der Waals surface area contributed by atoms with Crippen molar-refractivity contribution in [2.24, 2.45) is 0 Å². The van der Waals surface area contributed by atoms with Crippen molar-refractivity contribution in [3.8, 4) is 0 Å². The topological polar surface area (TPSA) is 17.1 Å². The molecule has 98 valence electrons. The molecule has 1 aromatic carbocycles. The van der Waals surface area contributed by atoms with Crippen LogP contribution in [0.1, 0.15) is 37.2 Å². The van der Waals surface area contributed by atoms with E-state index in [1.165, 1.54) is 5.57 Å². The van der Waals surface area contributed by atoms with E-state index in [-0.39, 0.29) is 5.92 Å². The fourth-order valence-corrected chi connectivity index (χ4v) is 3.27. The largest absolute Gasteiger partial charge is 0.295 e. The molecule has 2 aliphatic carbocycles. The Morgan fingerprint density at radius 3 is 2.74 bits per heavy atom. The third-order valence-electron chi connectivity index (χ3n) is 3.92. The van der Waals surface area contributed by atoms with E-state index in [4.69, 9.17) is 23.2 Å². The molecule has 1 aromatic rings. The van der Waals surface area contributed by atoms with Gasteiger partial charge in [0.25, 0.3) is 0 Å². The van der Waals surface area contributed by atoms with Crippen molar-refractivity contribution in [3.63, 3.8) is 0 Å². The first-order chi connectivity index (χ1) is 9.16. The van der Waals surface area contributed by atoms with E-state index < -0.39 is 0 Å². The molecule has 0 unspecified atom stereocenters. The molecule has 3 rings (SSSR count). The van der Waals surface area contributed by atoms with Crippen molar-refractivity contribution in [3.05, 3.63) is 57.1 Å². The molecule has 0 heterocycles. The number of allylic oxidation sites excluding steroid dienone is 4. The SMILES string of the molecule is O=C1CC[C@H](c2ccc(Cl)c(Cl)c2)C2=C1CCC=C2. The summed E-state index contributed by atoms with van der Waals surface area (Å²) in [4.78, 5) is 12.0. The summed E-state index contributed by atoms with van der Waals surface area (Å²) < 4.78 is 0. The van der Waals surface area contributed by atoms with Crippen molar-refractivity contribution in [2.45, 2.75) is 31.6 Å². The monoisotopic (exact) mass is 292 g/mol. The van der Waals surface area contributed by atoms with Crippen LogP contribution < -0.4 is 0 Å². The molecule has 0 spiro atoms. The van der Waals surface area contributed by atoms with Crippen LogP contribution in [0.25, 0.3) is 0 Å². The minimum Gasteiger partial charge on any atom is -0.295 e. The molecule has 19 heavy (non-hydrogen) atoms. The first kappa shape index (κ1) is 13.0. The zero-order valence-corrected chi connectivity index (χ0v) is 12.0. The Morgan fingerprint density at radius 1 is 1.11 bits per heavy atom. The molecule has 0 saturated heterocycles. The Morgan fingerprint density at radius 2 is 1.95 bits per heavy atom. The van der Waals surface area contributed by atoms with Gasteiger partial charge in [0.2, 0.25) is 0 Å². The number of Topliss-reactive ketones (excluding diaryl/α,β-unsaturated/α-hetero) is 1. The number of halogens is 2. The third-order valence-corrected chi connectivity index (χ3v) is 4.66. The quantitative estimate of drug-likeness (QED) is 0.705. The molecule has 0 radical (unpaired) electrons. The van der Waals surface area contributed by atoms with Gasteiger partial charge < -0.3 is 0 Å². The summed E-state index contributed by atoms with van der Waals surface area (Å²) in [7, 11) is 0. The van der Waals surface area contributed by atoms with E-state index in [2.05, 4.69) is 12.2 Å². The second-order valence-electron chi connectivity index (χ2n) is 5.06. The summed E-state index contributed by atoms with van der Waals surface area (Å²) in [6, 6.07) is 5.78. The van der Waals surface area contributed by atoms with Gasteiger partial charge in [0, 0.05) is 12.3 Å². The van der Waals surface area contributed by atoms with Crippen molar-refractivity contribution in [1.82, 2.24) is 0 Å². The summed E-state index contributed by atoms with van der Waals surface area (Å²) >= 11 is 12.1. The fraction of sp³-hybridized carbons (Fsp3) is 0.312. The second-order valence-corrected chi connectivity index (χ2v) is 5.88. The molecule has 0 aliphatic heterocycles. The molecular weight excluding hydrogens is 279 g/mol. The van der Waals surface area contributed by atoms with E-state index in [0.29, 0.717) is 22.2 Å². The lowest BCUT2D eigenvalue weighted by atomic mass is 9.75. The molecule has 1 nitrogen and oxygen atoms in total. The summed E-state index contributed by atoms with van der Waals surface area (Å²) in [5.41, 5.74) is 3.35. The van der Waals surface area contributed by atoms with Crippen LogP contribution in [0.3, 0.4) is 0 Å². The minimum absolute atomic E-state index is 0.277. The zero-order valence-electron chi connectivity index (χ0n) is 10.5. The van der Waals surface area contributed by atoms with Gasteiger partial charge >= 0.3 is 0 Å². The highest BCUT2D eigenvalue weighted by Gasteiger charge is 2.29. The van der Waals surface area contributed by atoms with Gasteiger partial charge in [-0.05, 0) is 48.1 Å². The number of carbonyl (C=O) groups is 1. The molecule has 0 amide bonds. The number of hydrogen-bond donors (Lipinski definition) is 0. The maximum absolute atomic E-state index is 12.0. The molecule has 3 heteroatoms. The lowest BCUT2D eigenvalue weighted by Crippen LogP contribution is -2.19. The van der Waals surface area contributed by atoms with Crippen LogP contribution in [0, 0.1) is 0 Å². The lowest BCUT2D eigenvalue weighted by molar-refractivity contribution is -0.116. The van der Waals surface area contributed by atoms with Crippen molar-refractivity contribution in [1.29, 1.82) is 0 Å². The van der Waals surface area contributed by atoms with Crippen LogP contribution in [0.4, 0.5) is 0 Å². The van der Waals surface area contributed by atoms with E-state index in [1.54, 1.807) is 0 Å². The van der Waals surface area contributed by atoms with Gasteiger partial charge in [-0.3, -0.25) is 4.79 Å². The molecule has 0 saturated carbocycles. The summed E-state index contributed by atoms with van der Waals surface area (Å²) in [6.07, 6.45) is 7.61. The lowest BCUT2D eigenvalue weighted by Gasteiger charge is -2.28. The Bertz CT molecular complexity index is 599. The van der Waals surface area contributed by atoms with Crippen LogP contribution in [0.2, 0.25) is 10.0 Å². The van der Waals surface area contributed by atoms with E-state index in [0.717, 1.165) is 30.4 Å². The molecule has 0 fully saturated rings. The fourth-order valence-electron chi connectivity index (χ4n) is 2.97. The highest BCUT2D eigenvalue weighted by atomic mass is 35.5. The summed E-state index contributed by atoms with van der Waals surface area (Å²) in [5, 5.41) is 1.16. The Balaban J connectivity index is 2.05. The molecule has 0 bridgehead atoms. The van der Waals surface area contributed by atoms with Crippen LogP contribution >= 0.6 is 23.2 Å². The van der Waals surface area contributed by atoms with Gasteiger partial charge in [0.15, 0.2) is 5.78 Å². The third kappa shape index (κ3) is 2.37. The predicted molar refractivity (Wildman–Crippen MR) is 78.8 cm³/mol. The van der Waals surface area contributed by atoms with E-state index >= 15 is 0 Å². The van der Waals surface area contributed by atoms with Crippen molar-refractivity contribution < 1.29 is 4.79 Å². The van der Waals surface area contributed by atoms with E-state index in [1.807, 2.05) is 18.2 Å². The van der Waals surface area contributed by atoms with Gasteiger partial charge in [-0.1, -0.05) is 41.4 Å². The average molecular weight is 293 g/mol. The number of carbonyl (C=O) groups excluding carboxylic acids is 1. The van der Waals surface area contributed by atoms with Crippen molar-refractivity contribution in [2.75, 3.05) is 0 Å². The molecule has 2 aliphatic rings. The maximum atomic E-state index is 12.0. The summed E-state index contributed by atoms with van der Waals surface area (Å²) in [6.45, 7) is 0. The maximum Gasteiger partial charge on any atom is 0.159 e. The van der Waals surface area contributed by atoms with Crippen LogP contribution in [0.15, 0.2) is 41.5 Å². The summed E-state index contributed by atoms with van der Waals surface area (Å²) in [5.74, 6) is 0.592. The Kier molecular flexibility index (Phi) is 3.51. The predicted octanol–water partition coefficient (Wildman–Crippen LogP) is 5.09. The first-order valence-corrected chi connectivity index (χ1v) is 7.30. The highest BCUT2D eigenvalue weighted by molar-refractivity contribution is 6.42. The molecule has 0 aromatic heterocycles. The van der Waals surface area contributed by atoms with Gasteiger partial charge in [-0.25, -0.2) is 0 Å². The standard InChI is InChI=1S/C16H14Cl2O/c17-14-7-5-10(9-15(14)18)11-6-8-16(19)13-4-2-1-3-12(11)13/h1,3,5,7,9,11H,2,4,6,8H2/t11-/m1/s1. The van der Waals surface area contributed by atoms with Crippen LogP contribution in [-0.2, 0) is 4.79 Å². The Hall–Kier alpha value is -1.05. The second kappa shape index (κ2) is 5.15. The molecule has 0 N–H and O–H groups in total. The molecular formula is C16H14Cl2O.